The molecular formula is C26H25N3O2S2. The number of rotatable bonds is 8. The van der Waals surface area contributed by atoms with Gasteiger partial charge in [-0.15, -0.1) is 0 Å². The van der Waals surface area contributed by atoms with Crippen LogP contribution in [-0.4, -0.2) is 38.1 Å². The zero-order chi connectivity index (χ0) is 23.4. The number of nitrogens with zero attached hydrogens (tertiary/aromatic N) is 3. The molecule has 1 aromatic heterocycles. The normalized spacial score (nSPS) is 15.0. The van der Waals surface area contributed by atoms with Gasteiger partial charge in [0.25, 0.3) is 5.91 Å². The summed E-state index contributed by atoms with van der Waals surface area (Å²) in [5.74, 6) is 1.05. The molecule has 5 nitrogen and oxygen atoms in total. The van der Waals surface area contributed by atoms with Gasteiger partial charge >= 0.3 is 0 Å². The number of aromatic nitrogens is 2. The van der Waals surface area contributed by atoms with Crippen molar-refractivity contribution < 1.29 is 9.53 Å². The monoisotopic (exact) mass is 475 g/mol. The first kappa shape index (κ1) is 23.0. The minimum absolute atomic E-state index is 0.0507. The van der Waals surface area contributed by atoms with Crippen LogP contribution in [0.1, 0.15) is 19.4 Å². The molecule has 1 fully saturated rings. The van der Waals surface area contributed by atoms with Gasteiger partial charge in [-0.1, -0.05) is 68.7 Å². The molecule has 0 aliphatic carbocycles. The maximum atomic E-state index is 13.0. The Kier molecular flexibility index (Phi) is 7.11. The van der Waals surface area contributed by atoms with E-state index in [0.717, 1.165) is 28.3 Å². The number of hydrogen-bond donors (Lipinski definition) is 0. The minimum atomic E-state index is -0.0507. The first-order chi connectivity index (χ1) is 16.0. The van der Waals surface area contributed by atoms with Crippen molar-refractivity contribution in [3.05, 3.63) is 83.9 Å². The van der Waals surface area contributed by atoms with E-state index >= 15 is 0 Å². The van der Waals surface area contributed by atoms with E-state index in [-0.39, 0.29) is 5.91 Å². The predicted molar refractivity (Wildman–Crippen MR) is 139 cm³/mol. The highest BCUT2D eigenvalue weighted by Crippen LogP contribution is 2.35. The molecular weight excluding hydrogens is 450 g/mol. The number of carbonyl (C=O) groups excluding carboxylic acids is 1. The molecule has 4 rings (SSSR count). The largest absolute Gasteiger partial charge is 0.490 e. The van der Waals surface area contributed by atoms with Gasteiger partial charge < -0.3 is 4.74 Å². The molecule has 2 aromatic carbocycles. The summed E-state index contributed by atoms with van der Waals surface area (Å²) in [7, 11) is 0. The summed E-state index contributed by atoms with van der Waals surface area (Å²) >= 11 is 6.81. The molecule has 1 amide bonds. The van der Waals surface area contributed by atoms with E-state index in [2.05, 4.69) is 20.4 Å². The molecule has 33 heavy (non-hydrogen) atoms. The Hall–Kier alpha value is -3.16. The van der Waals surface area contributed by atoms with Crippen molar-refractivity contribution in [1.29, 1.82) is 0 Å². The van der Waals surface area contributed by atoms with Crippen LogP contribution in [0.2, 0.25) is 0 Å². The summed E-state index contributed by atoms with van der Waals surface area (Å²) in [6, 6.07) is 17.7. The van der Waals surface area contributed by atoms with Crippen LogP contribution in [0, 0.1) is 5.92 Å². The van der Waals surface area contributed by atoms with E-state index in [1.807, 2.05) is 71.6 Å². The number of para-hydroxylation sites is 1. The molecule has 0 spiro atoms. The van der Waals surface area contributed by atoms with Crippen LogP contribution < -0.4 is 4.74 Å². The predicted octanol–water partition coefficient (Wildman–Crippen LogP) is 5.96. The number of amides is 1. The van der Waals surface area contributed by atoms with Gasteiger partial charge in [0.1, 0.15) is 16.7 Å². The SMILES string of the molecule is C=CCOc1ccc(-c2nn(-c3ccccc3)cc2C=C2SC(=S)N(CC(C)C)C2=O)cc1. The van der Waals surface area contributed by atoms with Gasteiger partial charge in [0.15, 0.2) is 0 Å². The van der Waals surface area contributed by atoms with Crippen molar-refractivity contribution in [3.63, 3.8) is 0 Å². The summed E-state index contributed by atoms with van der Waals surface area (Å²) in [4.78, 5) is 15.3. The number of hydrogen-bond acceptors (Lipinski definition) is 5. The molecule has 2 heterocycles. The first-order valence-corrected chi connectivity index (χ1v) is 11.9. The molecule has 7 heteroatoms. The average molecular weight is 476 g/mol. The van der Waals surface area contributed by atoms with E-state index in [1.165, 1.54) is 11.8 Å². The van der Waals surface area contributed by atoms with Gasteiger partial charge in [-0.05, 0) is 48.4 Å². The number of thiocarbonyl (C=S) groups is 1. The lowest BCUT2D eigenvalue weighted by atomic mass is 10.1. The molecule has 0 bridgehead atoms. The molecule has 0 atom stereocenters. The Morgan fingerprint density at radius 2 is 1.88 bits per heavy atom. The van der Waals surface area contributed by atoms with Gasteiger partial charge in [0.05, 0.1) is 16.3 Å². The van der Waals surface area contributed by atoms with E-state index in [1.54, 1.807) is 11.0 Å². The maximum absolute atomic E-state index is 13.0. The van der Waals surface area contributed by atoms with Crippen molar-refractivity contribution >= 4 is 40.3 Å². The Labute approximate surface area is 203 Å². The van der Waals surface area contributed by atoms with Crippen molar-refractivity contribution in [3.8, 4) is 22.7 Å². The van der Waals surface area contributed by atoms with E-state index in [0.29, 0.717) is 28.3 Å². The zero-order valence-corrected chi connectivity index (χ0v) is 20.2. The van der Waals surface area contributed by atoms with Gasteiger partial charge in [-0.2, -0.15) is 5.10 Å². The van der Waals surface area contributed by atoms with Crippen molar-refractivity contribution in [2.45, 2.75) is 13.8 Å². The van der Waals surface area contributed by atoms with Gasteiger partial charge in [0, 0.05) is 23.9 Å². The van der Waals surface area contributed by atoms with Crippen LogP contribution >= 0.6 is 24.0 Å². The molecule has 1 aliphatic rings. The average Bonchev–Trinajstić information content (AvgIpc) is 3.35. The summed E-state index contributed by atoms with van der Waals surface area (Å²) in [5, 5.41) is 4.84. The Bertz CT molecular complexity index is 1200. The third-order valence-electron chi connectivity index (χ3n) is 4.97. The molecule has 3 aromatic rings. The highest BCUT2D eigenvalue weighted by molar-refractivity contribution is 8.26. The van der Waals surface area contributed by atoms with Gasteiger partial charge in [-0.25, -0.2) is 4.68 Å². The fourth-order valence-corrected chi connectivity index (χ4v) is 4.72. The second-order valence-electron chi connectivity index (χ2n) is 8.02. The summed E-state index contributed by atoms with van der Waals surface area (Å²) in [5.41, 5.74) is 3.50. The van der Waals surface area contributed by atoms with E-state index in [4.69, 9.17) is 22.1 Å². The Morgan fingerprint density at radius 3 is 2.55 bits per heavy atom. The van der Waals surface area contributed by atoms with Crippen LogP contribution in [0.25, 0.3) is 23.0 Å². The Balaban J connectivity index is 1.73. The summed E-state index contributed by atoms with van der Waals surface area (Å²) < 4.78 is 8.03. The third-order valence-corrected chi connectivity index (χ3v) is 6.34. The van der Waals surface area contributed by atoms with Crippen LogP contribution in [0.4, 0.5) is 0 Å². The number of ether oxygens (including phenoxy) is 1. The van der Waals surface area contributed by atoms with Crippen molar-refractivity contribution in [2.24, 2.45) is 5.92 Å². The van der Waals surface area contributed by atoms with E-state index in [9.17, 15) is 4.79 Å². The molecule has 0 saturated carbocycles. The molecule has 0 radical (unpaired) electrons. The number of thioether (sulfide) groups is 1. The van der Waals surface area contributed by atoms with Crippen LogP contribution in [-0.2, 0) is 4.79 Å². The molecule has 0 unspecified atom stereocenters. The standard InChI is InChI=1S/C26H25N3O2S2/c1-4-14-31-22-12-10-19(11-13-22)24-20(17-29(27-24)21-8-6-5-7-9-21)15-23-25(30)28(16-18(2)3)26(32)33-23/h4-13,15,17-18H,1,14,16H2,2-3H3. The topological polar surface area (TPSA) is 47.4 Å². The van der Waals surface area contributed by atoms with E-state index < -0.39 is 0 Å². The number of benzene rings is 2. The fraction of sp³-hybridized carbons (Fsp3) is 0.192. The molecule has 1 saturated heterocycles. The fourth-order valence-electron chi connectivity index (χ4n) is 3.46. The maximum Gasteiger partial charge on any atom is 0.266 e. The lowest BCUT2D eigenvalue weighted by Gasteiger charge is -2.16. The Morgan fingerprint density at radius 1 is 1.15 bits per heavy atom. The lowest BCUT2D eigenvalue weighted by Crippen LogP contribution is -2.31. The number of carbonyl (C=O) groups is 1. The lowest BCUT2D eigenvalue weighted by molar-refractivity contribution is -0.122. The third kappa shape index (κ3) is 5.26. The minimum Gasteiger partial charge on any atom is -0.490 e. The van der Waals surface area contributed by atoms with Crippen LogP contribution in [0.5, 0.6) is 5.75 Å². The highest BCUT2D eigenvalue weighted by atomic mass is 32.2. The summed E-state index contributed by atoms with van der Waals surface area (Å²) in [6.45, 7) is 8.90. The molecule has 1 aliphatic heterocycles. The summed E-state index contributed by atoms with van der Waals surface area (Å²) in [6.07, 6.45) is 5.55. The highest BCUT2D eigenvalue weighted by Gasteiger charge is 2.32. The van der Waals surface area contributed by atoms with Crippen LogP contribution in [0.3, 0.4) is 0 Å². The zero-order valence-electron chi connectivity index (χ0n) is 18.6. The van der Waals surface area contributed by atoms with Gasteiger partial charge in [0.2, 0.25) is 0 Å². The second-order valence-corrected chi connectivity index (χ2v) is 9.70. The molecule has 0 N–H and O–H groups in total. The molecule has 168 valence electrons. The quantitative estimate of drug-likeness (QED) is 0.228. The smallest absolute Gasteiger partial charge is 0.266 e. The van der Waals surface area contributed by atoms with Crippen molar-refractivity contribution in [1.82, 2.24) is 14.7 Å². The first-order valence-electron chi connectivity index (χ1n) is 10.7. The van der Waals surface area contributed by atoms with Gasteiger partial charge in [-0.3, -0.25) is 9.69 Å². The second kappa shape index (κ2) is 10.2. The van der Waals surface area contributed by atoms with Crippen molar-refractivity contribution in [2.75, 3.05) is 13.2 Å². The van der Waals surface area contributed by atoms with Crippen LogP contribution in [0.15, 0.2) is 78.4 Å².